The summed E-state index contributed by atoms with van der Waals surface area (Å²) in [6.07, 6.45) is 5.41. The molecule has 0 saturated heterocycles. The molecule has 196 valence electrons. The number of nitrogens with one attached hydrogen (secondary N) is 1. The number of hydrogen-bond donors (Lipinski definition) is 1. The van der Waals surface area contributed by atoms with E-state index in [1.165, 1.54) is 32.5 Å². The SMILES string of the molecule is COc1cc(C(C(=O)NC2CCCC2)N(Cc2ccc(C)cc2)C(=O)c2ccco2)cc(OC)c1OC. The van der Waals surface area contributed by atoms with Gasteiger partial charge in [-0.15, -0.1) is 0 Å². The second-order valence-electron chi connectivity index (χ2n) is 9.25. The number of furan rings is 1. The number of ether oxygens (including phenoxy) is 3. The van der Waals surface area contributed by atoms with Crippen molar-refractivity contribution in [2.75, 3.05) is 21.3 Å². The number of methoxy groups -OCH3 is 3. The van der Waals surface area contributed by atoms with Gasteiger partial charge in [0, 0.05) is 12.6 Å². The number of carbonyl (C=O) groups excluding carboxylic acids is 2. The van der Waals surface area contributed by atoms with Crippen LogP contribution in [0.1, 0.15) is 59.0 Å². The number of rotatable bonds is 10. The second-order valence-corrected chi connectivity index (χ2v) is 9.25. The van der Waals surface area contributed by atoms with Crippen LogP contribution in [-0.2, 0) is 11.3 Å². The Kier molecular flexibility index (Phi) is 8.38. The molecule has 4 rings (SSSR count). The fourth-order valence-electron chi connectivity index (χ4n) is 4.79. The van der Waals surface area contributed by atoms with Crippen molar-refractivity contribution in [3.63, 3.8) is 0 Å². The number of aryl methyl sites for hydroxylation is 1. The minimum Gasteiger partial charge on any atom is -0.493 e. The highest BCUT2D eigenvalue weighted by molar-refractivity contribution is 5.96. The van der Waals surface area contributed by atoms with E-state index in [0.717, 1.165) is 36.8 Å². The molecule has 1 saturated carbocycles. The quantitative estimate of drug-likeness (QED) is 0.414. The van der Waals surface area contributed by atoms with Gasteiger partial charge < -0.3 is 28.8 Å². The van der Waals surface area contributed by atoms with Crippen LogP contribution < -0.4 is 19.5 Å². The summed E-state index contributed by atoms with van der Waals surface area (Å²) in [4.78, 5) is 29.3. The van der Waals surface area contributed by atoms with Crippen LogP contribution in [0.2, 0.25) is 0 Å². The Labute approximate surface area is 217 Å². The van der Waals surface area contributed by atoms with Crippen LogP contribution in [0, 0.1) is 6.92 Å². The van der Waals surface area contributed by atoms with Crippen LogP contribution in [0.25, 0.3) is 0 Å². The first kappa shape index (κ1) is 26.1. The third-order valence-electron chi connectivity index (χ3n) is 6.73. The number of benzene rings is 2. The van der Waals surface area contributed by atoms with Crippen molar-refractivity contribution >= 4 is 11.8 Å². The lowest BCUT2D eigenvalue weighted by molar-refractivity contribution is -0.126. The van der Waals surface area contributed by atoms with E-state index in [1.54, 1.807) is 24.3 Å². The molecule has 1 aromatic heterocycles. The molecule has 1 atom stereocenters. The molecule has 1 N–H and O–H groups in total. The molecular formula is C29H34N2O6. The average Bonchev–Trinajstić information content (AvgIpc) is 3.63. The summed E-state index contributed by atoms with van der Waals surface area (Å²) in [5.41, 5.74) is 2.53. The molecule has 3 aromatic rings. The molecule has 8 heteroatoms. The third-order valence-corrected chi connectivity index (χ3v) is 6.73. The molecule has 0 spiro atoms. The molecule has 1 aliphatic carbocycles. The van der Waals surface area contributed by atoms with Gasteiger partial charge in [0.25, 0.3) is 5.91 Å². The van der Waals surface area contributed by atoms with Crippen LogP contribution in [0.3, 0.4) is 0 Å². The van der Waals surface area contributed by atoms with Gasteiger partial charge in [0.2, 0.25) is 11.7 Å². The first-order valence-corrected chi connectivity index (χ1v) is 12.5. The summed E-state index contributed by atoms with van der Waals surface area (Å²) < 4.78 is 22.1. The number of carbonyl (C=O) groups is 2. The van der Waals surface area contributed by atoms with E-state index in [0.29, 0.717) is 22.8 Å². The van der Waals surface area contributed by atoms with E-state index in [-0.39, 0.29) is 24.3 Å². The van der Waals surface area contributed by atoms with Gasteiger partial charge in [-0.1, -0.05) is 42.7 Å². The fourth-order valence-corrected chi connectivity index (χ4v) is 4.79. The first-order valence-electron chi connectivity index (χ1n) is 12.5. The van der Waals surface area contributed by atoms with Crippen molar-refractivity contribution in [1.82, 2.24) is 10.2 Å². The standard InChI is InChI=1S/C29H34N2O6/c1-19-11-13-20(14-12-19)18-31(29(33)23-10-7-15-37-23)26(28(32)30-22-8-5-6-9-22)21-16-24(34-2)27(36-4)25(17-21)35-3/h7,10-17,22,26H,5-6,8-9,18H2,1-4H3,(H,30,32). The molecule has 8 nitrogen and oxygen atoms in total. The summed E-state index contributed by atoms with van der Waals surface area (Å²) in [5.74, 6) is 0.691. The molecular weight excluding hydrogens is 472 g/mol. The smallest absolute Gasteiger partial charge is 0.290 e. The van der Waals surface area contributed by atoms with Gasteiger partial charge >= 0.3 is 0 Å². The molecule has 0 aliphatic heterocycles. The summed E-state index contributed by atoms with van der Waals surface area (Å²) in [6.45, 7) is 2.20. The Morgan fingerprint density at radius 2 is 1.65 bits per heavy atom. The summed E-state index contributed by atoms with van der Waals surface area (Å²) in [7, 11) is 4.56. The van der Waals surface area contributed by atoms with Gasteiger partial charge in [-0.2, -0.15) is 0 Å². The van der Waals surface area contributed by atoms with Gasteiger partial charge in [0.05, 0.1) is 27.6 Å². The molecule has 2 amide bonds. The monoisotopic (exact) mass is 506 g/mol. The van der Waals surface area contributed by atoms with Gasteiger partial charge in [0.1, 0.15) is 6.04 Å². The van der Waals surface area contributed by atoms with E-state index in [1.807, 2.05) is 31.2 Å². The zero-order valence-electron chi connectivity index (χ0n) is 21.8. The zero-order valence-corrected chi connectivity index (χ0v) is 21.8. The maximum absolute atomic E-state index is 14.0. The second kappa shape index (κ2) is 11.9. The normalized spacial score (nSPS) is 14.2. The van der Waals surface area contributed by atoms with Crippen molar-refractivity contribution < 1.29 is 28.2 Å². The predicted molar refractivity (Wildman–Crippen MR) is 139 cm³/mol. The number of hydrogen-bond acceptors (Lipinski definition) is 6. The van der Waals surface area contributed by atoms with Crippen molar-refractivity contribution in [3.05, 3.63) is 77.2 Å². The predicted octanol–water partition coefficient (Wildman–Crippen LogP) is 5.06. The minimum absolute atomic E-state index is 0.0666. The van der Waals surface area contributed by atoms with Crippen LogP contribution in [0.5, 0.6) is 17.2 Å². The highest BCUT2D eigenvalue weighted by atomic mass is 16.5. The average molecular weight is 507 g/mol. The zero-order chi connectivity index (χ0) is 26.4. The Hall–Kier alpha value is -3.94. The lowest BCUT2D eigenvalue weighted by atomic mass is 10.0. The molecule has 1 aliphatic rings. The Morgan fingerprint density at radius 3 is 2.19 bits per heavy atom. The highest BCUT2D eigenvalue weighted by Crippen LogP contribution is 2.41. The van der Waals surface area contributed by atoms with Crippen molar-refractivity contribution in [2.24, 2.45) is 0 Å². The van der Waals surface area contributed by atoms with Crippen molar-refractivity contribution in [1.29, 1.82) is 0 Å². The Balaban J connectivity index is 1.84. The molecule has 37 heavy (non-hydrogen) atoms. The Bertz CT molecular complexity index is 1170. The van der Waals surface area contributed by atoms with Gasteiger partial charge in [-0.05, 0) is 55.2 Å². The van der Waals surface area contributed by atoms with Crippen molar-refractivity contribution in [3.8, 4) is 17.2 Å². The van der Waals surface area contributed by atoms with Gasteiger partial charge in [-0.25, -0.2) is 0 Å². The van der Waals surface area contributed by atoms with E-state index >= 15 is 0 Å². The van der Waals surface area contributed by atoms with Gasteiger partial charge in [0.15, 0.2) is 17.3 Å². The maximum atomic E-state index is 14.0. The molecule has 2 aromatic carbocycles. The van der Waals surface area contributed by atoms with Crippen molar-refractivity contribution in [2.45, 2.75) is 51.2 Å². The lowest BCUT2D eigenvalue weighted by Gasteiger charge is -2.32. The van der Waals surface area contributed by atoms with Crippen LogP contribution >= 0.6 is 0 Å². The lowest BCUT2D eigenvalue weighted by Crippen LogP contribution is -2.45. The van der Waals surface area contributed by atoms with E-state index in [9.17, 15) is 9.59 Å². The molecule has 1 fully saturated rings. The van der Waals surface area contributed by atoms with Crippen LogP contribution in [0.4, 0.5) is 0 Å². The maximum Gasteiger partial charge on any atom is 0.290 e. The summed E-state index contributed by atoms with van der Waals surface area (Å²) in [5, 5.41) is 3.18. The van der Waals surface area contributed by atoms with Gasteiger partial charge in [-0.3, -0.25) is 9.59 Å². The van der Waals surface area contributed by atoms with Crippen LogP contribution in [0.15, 0.2) is 59.2 Å². The largest absolute Gasteiger partial charge is 0.493 e. The molecule has 1 heterocycles. The Morgan fingerprint density at radius 1 is 1.00 bits per heavy atom. The first-order chi connectivity index (χ1) is 17.9. The molecule has 0 radical (unpaired) electrons. The summed E-state index contributed by atoms with van der Waals surface area (Å²) in [6, 6.07) is 13.7. The molecule has 0 bridgehead atoms. The summed E-state index contributed by atoms with van der Waals surface area (Å²) >= 11 is 0. The molecule has 1 unspecified atom stereocenters. The number of nitrogens with zero attached hydrogens (tertiary/aromatic N) is 1. The number of amides is 2. The minimum atomic E-state index is -0.979. The topological polar surface area (TPSA) is 90.2 Å². The fraction of sp³-hybridized carbons (Fsp3) is 0.379. The third kappa shape index (κ3) is 5.90. The van der Waals surface area contributed by atoms with Crippen LogP contribution in [-0.4, -0.2) is 44.1 Å². The van der Waals surface area contributed by atoms with E-state index in [2.05, 4.69) is 5.32 Å². The van der Waals surface area contributed by atoms with E-state index in [4.69, 9.17) is 18.6 Å². The van der Waals surface area contributed by atoms with E-state index < -0.39 is 11.9 Å². The highest BCUT2D eigenvalue weighted by Gasteiger charge is 2.36.